The van der Waals surface area contributed by atoms with Crippen LogP contribution in [0.15, 0.2) is 48.5 Å². The first kappa shape index (κ1) is 16.9. The monoisotopic (exact) mass is 354 g/mol. The normalized spacial score (nSPS) is 11.0. The van der Waals surface area contributed by atoms with Gasteiger partial charge >= 0.3 is 0 Å². The van der Waals surface area contributed by atoms with Gasteiger partial charge in [-0.2, -0.15) is 0 Å². The highest BCUT2D eigenvalue weighted by atomic mass is 35.5. The van der Waals surface area contributed by atoms with Crippen molar-refractivity contribution in [1.82, 2.24) is 0 Å². The van der Waals surface area contributed by atoms with E-state index in [1.165, 1.54) is 36.4 Å². The fourth-order valence-corrected chi connectivity index (χ4v) is 2.96. The molecule has 0 atom stereocenters. The van der Waals surface area contributed by atoms with Crippen molar-refractivity contribution in [3.63, 3.8) is 0 Å². The molecule has 0 fully saturated rings. The molecule has 0 saturated carbocycles. The van der Waals surface area contributed by atoms with Gasteiger partial charge in [0.15, 0.2) is 5.78 Å². The predicted octanol–water partition coefficient (Wildman–Crippen LogP) is 2.87. The van der Waals surface area contributed by atoms with Crippen LogP contribution in [-0.2, 0) is 10.0 Å². The van der Waals surface area contributed by atoms with Gasteiger partial charge in [-0.1, -0.05) is 11.6 Å². The van der Waals surface area contributed by atoms with Crippen LogP contribution in [0.25, 0.3) is 0 Å². The van der Waals surface area contributed by atoms with E-state index < -0.39 is 26.5 Å². The number of benzene rings is 2. The van der Waals surface area contributed by atoms with Gasteiger partial charge in [0.2, 0.25) is 10.0 Å². The van der Waals surface area contributed by atoms with E-state index in [2.05, 4.69) is 4.72 Å². The van der Waals surface area contributed by atoms with Crippen LogP contribution in [0.3, 0.4) is 0 Å². The van der Waals surface area contributed by atoms with Crippen molar-refractivity contribution in [1.29, 1.82) is 0 Å². The van der Waals surface area contributed by atoms with Gasteiger partial charge in [0.1, 0.15) is 5.75 Å². The van der Waals surface area contributed by atoms with Gasteiger partial charge in [-0.3, -0.25) is 19.6 Å². The first-order valence-electron chi connectivity index (χ1n) is 6.30. The summed E-state index contributed by atoms with van der Waals surface area (Å²) in [5.74, 6) is -1.44. The fourth-order valence-electron chi connectivity index (χ4n) is 1.76. The van der Waals surface area contributed by atoms with Gasteiger partial charge in [-0.15, -0.1) is 0 Å². The Labute approximate surface area is 137 Å². The molecule has 0 unspecified atom stereocenters. The molecule has 0 aromatic heterocycles. The number of nitrogens with zero attached hydrogens (tertiary/aromatic N) is 1. The molecule has 0 radical (unpaired) electrons. The van der Waals surface area contributed by atoms with Crippen LogP contribution in [-0.4, -0.2) is 24.9 Å². The number of anilines is 1. The van der Waals surface area contributed by atoms with E-state index in [1.54, 1.807) is 0 Å². The number of nitro groups is 1. The lowest BCUT2D eigenvalue weighted by atomic mass is 10.1. The van der Waals surface area contributed by atoms with Crippen LogP contribution in [0.1, 0.15) is 10.4 Å². The molecule has 0 heterocycles. The number of hydrogen-bond donors (Lipinski definition) is 1. The molecule has 0 aliphatic heterocycles. The molecule has 0 aliphatic carbocycles. The van der Waals surface area contributed by atoms with Crippen LogP contribution in [0, 0.1) is 10.1 Å². The van der Waals surface area contributed by atoms with Gasteiger partial charge in [-0.25, -0.2) is 8.42 Å². The lowest BCUT2D eigenvalue weighted by molar-refractivity contribution is -0.384. The second kappa shape index (κ2) is 6.76. The second-order valence-electron chi connectivity index (χ2n) is 4.60. The predicted molar refractivity (Wildman–Crippen MR) is 86.3 cm³/mol. The van der Waals surface area contributed by atoms with Gasteiger partial charge < -0.3 is 0 Å². The van der Waals surface area contributed by atoms with Crippen molar-refractivity contribution in [3.8, 4) is 0 Å². The first-order chi connectivity index (χ1) is 10.8. The van der Waals surface area contributed by atoms with E-state index in [9.17, 15) is 23.3 Å². The zero-order valence-electron chi connectivity index (χ0n) is 11.6. The molecule has 0 spiro atoms. The maximum Gasteiger partial charge on any atom is 0.269 e. The summed E-state index contributed by atoms with van der Waals surface area (Å²) in [6.07, 6.45) is 0. The first-order valence-corrected chi connectivity index (χ1v) is 8.33. The smallest absolute Gasteiger partial charge is 0.269 e. The van der Waals surface area contributed by atoms with Crippen molar-refractivity contribution in [2.24, 2.45) is 0 Å². The number of nitrogens with one attached hydrogen (secondary N) is 1. The number of carbonyl (C=O) groups excluding carboxylic acids is 1. The molecule has 0 bridgehead atoms. The Bertz CT molecular complexity index is 832. The number of carbonyl (C=O) groups is 1. The van der Waals surface area contributed by atoms with Crippen LogP contribution >= 0.6 is 11.6 Å². The summed E-state index contributed by atoms with van der Waals surface area (Å²) in [6, 6.07) is 10.7. The zero-order chi connectivity index (χ0) is 17.0. The molecule has 0 saturated heterocycles. The maximum absolute atomic E-state index is 12.0. The summed E-state index contributed by atoms with van der Waals surface area (Å²) in [5, 5.41) is 11.0. The third-order valence-corrected chi connectivity index (χ3v) is 4.28. The van der Waals surface area contributed by atoms with E-state index in [-0.39, 0.29) is 16.9 Å². The van der Waals surface area contributed by atoms with E-state index >= 15 is 0 Å². The Morgan fingerprint density at radius 2 is 1.65 bits per heavy atom. The topological polar surface area (TPSA) is 106 Å². The quantitative estimate of drug-likeness (QED) is 0.487. The largest absolute Gasteiger partial charge is 0.293 e. The molecule has 0 aliphatic rings. The Kier molecular flexibility index (Phi) is 4.97. The third kappa shape index (κ3) is 4.76. The molecule has 120 valence electrons. The molecule has 9 heteroatoms. The van der Waals surface area contributed by atoms with Crippen molar-refractivity contribution in [3.05, 3.63) is 69.2 Å². The lowest BCUT2D eigenvalue weighted by Crippen LogP contribution is -2.22. The van der Waals surface area contributed by atoms with Gasteiger partial charge in [0.25, 0.3) is 5.69 Å². The number of sulfonamides is 1. The number of rotatable bonds is 6. The molecule has 0 amide bonds. The highest BCUT2D eigenvalue weighted by molar-refractivity contribution is 7.93. The average Bonchev–Trinajstić information content (AvgIpc) is 2.49. The number of non-ortho nitro benzene ring substituents is 1. The maximum atomic E-state index is 12.0. The summed E-state index contributed by atoms with van der Waals surface area (Å²) >= 11 is 5.70. The minimum Gasteiger partial charge on any atom is -0.293 e. The van der Waals surface area contributed by atoms with Gasteiger partial charge in [0.05, 0.1) is 4.92 Å². The Morgan fingerprint density at radius 3 is 2.17 bits per heavy atom. The molecule has 2 aromatic rings. The number of hydrogen-bond acceptors (Lipinski definition) is 5. The molecular weight excluding hydrogens is 344 g/mol. The van der Waals surface area contributed by atoms with Crippen LogP contribution < -0.4 is 4.72 Å². The third-order valence-electron chi connectivity index (χ3n) is 2.84. The number of Topliss-reactive ketones (excluding diaryl/α,β-unsaturated/α-hetero) is 1. The molecule has 23 heavy (non-hydrogen) atoms. The van der Waals surface area contributed by atoms with Crippen molar-refractivity contribution < 1.29 is 18.1 Å². The Balaban J connectivity index is 2.08. The zero-order valence-corrected chi connectivity index (χ0v) is 13.2. The summed E-state index contributed by atoms with van der Waals surface area (Å²) in [4.78, 5) is 21.9. The Morgan fingerprint density at radius 1 is 1.09 bits per heavy atom. The summed E-state index contributed by atoms with van der Waals surface area (Å²) < 4.78 is 26.2. The van der Waals surface area contributed by atoms with Crippen LogP contribution in [0.4, 0.5) is 11.4 Å². The second-order valence-corrected chi connectivity index (χ2v) is 6.75. The van der Waals surface area contributed by atoms with Crippen molar-refractivity contribution in [2.45, 2.75) is 0 Å². The number of ketones is 1. The molecular formula is C14H11ClN2O5S. The highest BCUT2D eigenvalue weighted by Crippen LogP contribution is 2.16. The summed E-state index contributed by atoms with van der Waals surface area (Å²) in [5.41, 5.74) is 0.187. The minimum absolute atomic E-state index is 0.0806. The van der Waals surface area contributed by atoms with Gasteiger partial charge in [0, 0.05) is 28.4 Å². The SMILES string of the molecule is O=C(CS(=O)(=O)Nc1ccc(Cl)cc1)c1ccc([N+](=O)[O-])cc1. The summed E-state index contributed by atoms with van der Waals surface area (Å²) in [6.45, 7) is 0. The summed E-state index contributed by atoms with van der Waals surface area (Å²) in [7, 11) is -3.90. The molecule has 7 nitrogen and oxygen atoms in total. The minimum atomic E-state index is -3.90. The van der Waals surface area contributed by atoms with Crippen molar-refractivity contribution in [2.75, 3.05) is 10.5 Å². The van der Waals surface area contributed by atoms with E-state index in [4.69, 9.17) is 11.6 Å². The van der Waals surface area contributed by atoms with Crippen molar-refractivity contribution >= 4 is 38.8 Å². The van der Waals surface area contributed by atoms with Crippen LogP contribution in [0.5, 0.6) is 0 Å². The van der Waals surface area contributed by atoms with E-state index in [0.29, 0.717) is 5.02 Å². The number of nitro benzene ring substituents is 1. The lowest BCUT2D eigenvalue weighted by Gasteiger charge is -2.07. The Hall–Kier alpha value is -2.45. The fraction of sp³-hybridized carbons (Fsp3) is 0.0714. The molecule has 2 aromatic carbocycles. The number of halogens is 1. The van der Waals surface area contributed by atoms with E-state index in [1.807, 2.05) is 0 Å². The average molecular weight is 355 g/mol. The highest BCUT2D eigenvalue weighted by Gasteiger charge is 2.18. The van der Waals surface area contributed by atoms with E-state index in [0.717, 1.165) is 12.1 Å². The van der Waals surface area contributed by atoms with Crippen LogP contribution in [0.2, 0.25) is 5.02 Å². The molecule has 1 N–H and O–H groups in total. The van der Waals surface area contributed by atoms with Gasteiger partial charge in [-0.05, 0) is 36.4 Å². The molecule has 2 rings (SSSR count). The standard InChI is InChI=1S/C14H11ClN2O5S/c15-11-3-5-12(6-4-11)16-23(21,22)9-14(18)10-1-7-13(8-2-10)17(19)20/h1-8,16H,9H2.